The van der Waals surface area contributed by atoms with Crippen molar-refractivity contribution in [1.82, 2.24) is 0 Å². The zero-order valence-corrected chi connectivity index (χ0v) is 12.9. The highest BCUT2D eigenvalue weighted by Gasteiger charge is 2.07. The van der Waals surface area contributed by atoms with Crippen LogP contribution in [0.4, 0.5) is 11.4 Å². The number of ether oxygens (including phenoxy) is 1. The molecule has 0 aromatic heterocycles. The Kier molecular flexibility index (Phi) is 5.55. The second-order valence-electron chi connectivity index (χ2n) is 4.69. The third-order valence-electron chi connectivity index (χ3n) is 3.08. The van der Waals surface area contributed by atoms with E-state index in [-0.39, 0.29) is 11.5 Å². The highest BCUT2D eigenvalue weighted by molar-refractivity contribution is 6.04. The second-order valence-corrected chi connectivity index (χ2v) is 4.69. The number of anilines is 2. The molecule has 6 heteroatoms. The minimum Gasteiger partial charge on any atom is -0.497 e. The molecule has 0 fully saturated rings. The number of nitrogens with zero attached hydrogens (tertiary/aromatic N) is 2. The Morgan fingerprint density at radius 3 is 2.50 bits per heavy atom. The third-order valence-corrected chi connectivity index (χ3v) is 3.08. The molecule has 0 unspecified atom stereocenters. The molecule has 2 N–H and O–H groups in total. The van der Waals surface area contributed by atoms with Crippen molar-refractivity contribution in [1.29, 1.82) is 10.5 Å². The Bertz CT molecular complexity index is 844. The van der Waals surface area contributed by atoms with Gasteiger partial charge >= 0.3 is 0 Å². The van der Waals surface area contributed by atoms with Crippen LogP contribution in [0, 0.1) is 22.7 Å². The Morgan fingerprint density at radius 2 is 1.79 bits per heavy atom. The van der Waals surface area contributed by atoms with Crippen molar-refractivity contribution in [2.45, 2.75) is 0 Å². The average molecular weight is 318 g/mol. The first kappa shape index (κ1) is 16.6. The van der Waals surface area contributed by atoms with Gasteiger partial charge in [0.1, 0.15) is 23.5 Å². The quantitative estimate of drug-likeness (QED) is 0.824. The lowest BCUT2D eigenvalue weighted by atomic mass is 10.1. The van der Waals surface area contributed by atoms with Crippen LogP contribution < -0.4 is 15.4 Å². The van der Waals surface area contributed by atoms with Crippen molar-refractivity contribution in [2.24, 2.45) is 0 Å². The van der Waals surface area contributed by atoms with E-state index in [1.165, 1.54) is 6.20 Å². The molecule has 0 bridgehead atoms. The predicted octanol–water partition coefficient (Wildman–Crippen LogP) is 3.29. The maximum Gasteiger partial charge on any atom is 0.255 e. The normalized spacial score (nSPS) is 9.12. The van der Waals surface area contributed by atoms with Crippen LogP contribution in [0.2, 0.25) is 0 Å². The largest absolute Gasteiger partial charge is 0.497 e. The molecular formula is C18H14N4O2. The summed E-state index contributed by atoms with van der Waals surface area (Å²) in [4.78, 5) is 12.3. The number of rotatable bonds is 5. The van der Waals surface area contributed by atoms with Gasteiger partial charge in [0.2, 0.25) is 0 Å². The lowest BCUT2D eigenvalue weighted by Crippen LogP contribution is -2.12. The van der Waals surface area contributed by atoms with Crippen molar-refractivity contribution in [2.75, 3.05) is 17.7 Å². The van der Waals surface area contributed by atoms with Crippen LogP contribution in [-0.4, -0.2) is 13.0 Å². The molecule has 0 saturated carbocycles. The van der Waals surface area contributed by atoms with Crippen molar-refractivity contribution < 1.29 is 9.53 Å². The van der Waals surface area contributed by atoms with Gasteiger partial charge in [-0.15, -0.1) is 0 Å². The SMILES string of the molecule is COc1cccc(NC(=O)c2cccc(NC=C(C#N)C#N)c2)c1. The predicted molar refractivity (Wildman–Crippen MR) is 90.3 cm³/mol. The van der Waals surface area contributed by atoms with E-state index in [1.807, 2.05) is 0 Å². The number of hydrogen-bond acceptors (Lipinski definition) is 5. The molecule has 1 amide bonds. The first-order chi connectivity index (χ1) is 11.7. The van der Waals surface area contributed by atoms with E-state index in [1.54, 1.807) is 67.8 Å². The van der Waals surface area contributed by atoms with Crippen molar-refractivity contribution in [3.05, 3.63) is 65.9 Å². The Morgan fingerprint density at radius 1 is 1.08 bits per heavy atom. The number of carbonyl (C=O) groups excluding carboxylic acids is 1. The highest BCUT2D eigenvalue weighted by atomic mass is 16.5. The van der Waals surface area contributed by atoms with Crippen LogP contribution >= 0.6 is 0 Å². The van der Waals surface area contributed by atoms with Gasteiger partial charge in [-0.2, -0.15) is 10.5 Å². The molecule has 0 aliphatic heterocycles. The third kappa shape index (κ3) is 4.36. The van der Waals surface area contributed by atoms with E-state index in [0.717, 1.165) is 0 Å². The van der Waals surface area contributed by atoms with Gasteiger partial charge in [0.15, 0.2) is 0 Å². The van der Waals surface area contributed by atoms with E-state index in [0.29, 0.717) is 22.7 Å². The molecule has 2 aromatic rings. The fourth-order valence-corrected chi connectivity index (χ4v) is 1.90. The number of carbonyl (C=O) groups is 1. The van der Waals surface area contributed by atoms with Gasteiger partial charge in [-0.25, -0.2) is 0 Å². The van der Waals surface area contributed by atoms with Crippen LogP contribution in [0.5, 0.6) is 5.75 Å². The summed E-state index contributed by atoms with van der Waals surface area (Å²) in [5, 5.41) is 23.0. The Hall–Kier alpha value is -3.77. The molecular weight excluding hydrogens is 304 g/mol. The topological polar surface area (TPSA) is 97.9 Å². The summed E-state index contributed by atoms with van der Waals surface area (Å²) in [7, 11) is 1.56. The molecule has 0 aliphatic rings. The van der Waals surface area contributed by atoms with Crippen molar-refractivity contribution in [3.63, 3.8) is 0 Å². The number of benzene rings is 2. The van der Waals surface area contributed by atoms with Gasteiger partial charge in [0, 0.05) is 29.2 Å². The standard InChI is InChI=1S/C18H14N4O2/c1-24-17-7-3-6-16(9-17)22-18(23)14-4-2-5-15(8-14)21-12-13(10-19)11-20/h2-9,12,21H,1H3,(H,22,23). The highest BCUT2D eigenvalue weighted by Crippen LogP contribution is 2.18. The van der Waals surface area contributed by atoms with Gasteiger partial charge in [-0.05, 0) is 30.3 Å². The summed E-state index contributed by atoms with van der Waals surface area (Å²) >= 11 is 0. The molecule has 0 heterocycles. The van der Waals surface area contributed by atoms with Gasteiger partial charge in [0.05, 0.1) is 7.11 Å². The maximum absolute atomic E-state index is 12.3. The minimum atomic E-state index is -0.281. The van der Waals surface area contributed by atoms with E-state index >= 15 is 0 Å². The van der Waals surface area contributed by atoms with Gasteiger partial charge in [-0.1, -0.05) is 12.1 Å². The maximum atomic E-state index is 12.3. The molecule has 2 rings (SSSR count). The summed E-state index contributed by atoms with van der Waals surface area (Å²) in [6.07, 6.45) is 1.29. The number of hydrogen-bond donors (Lipinski definition) is 2. The zero-order valence-electron chi connectivity index (χ0n) is 12.9. The molecule has 0 aliphatic carbocycles. The fourth-order valence-electron chi connectivity index (χ4n) is 1.90. The van der Waals surface area contributed by atoms with Crippen molar-refractivity contribution >= 4 is 17.3 Å². The lowest BCUT2D eigenvalue weighted by Gasteiger charge is -2.08. The molecule has 118 valence electrons. The van der Waals surface area contributed by atoms with Crippen LogP contribution in [0.3, 0.4) is 0 Å². The van der Waals surface area contributed by atoms with E-state index in [2.05, 4.69) is 10.6 Å². The summed E-state index contributed by atoms with van der Waals surface area (Å²) < 4.78 is 5.12. The van der Waals surface area contributed by atoms with E-state index < -0.39 is 0 Å². The summed E-state index contributed by atoms with van der Waals surface area (Å²) in [5.74, 6) is 0.366. The smallest absolute Gasteiger partial charge is 0.255 e. The van der Waals surface area contributed by atoms with Crippen LogP contribution in [0.1, 0.15) is 10.4 Å². The number of nitrogens with one attached hydrogen (secondary N) is 2. The fraction of sp³-hybridized carbons (Fsp3) is 0.0556. The monoisotopic (exact) mass is 318 g/mol. The summed E-state index contributed by atoms with van der Waals surface area (Å²) in [5.41, 5.74) is 1.60. The molecule has 6 nitrogen and oxygen atoms in total. The molecule has 0 atom stereocenters. The number of methoxy groups -OCH3 is 1. The van der Waals surface area contributed by atoms with Crippen molar-refractivity contribution in [3.8, 4) is 17.9 Å². The molecule has 0 radical (unpaired) electrons. The molecule has 2 aromatic carbocycles. The molecule has 0 spiro atoms. The molecule has 0 saturated heterocycles. The molecule has 24 heavy (non-hydrogen) atoms. The number of nitriles is 2. The Balaban J connectivity index is 2.13. The van der Waals surface area contributed by atoms with Crippen LogP contribution in [-0.2, 0) is 0 Å². The zero-order chi connectivity index (χ0) is 17.4. The minimum absolute atomic E-state index is 0.0544. The van der Waals surface area contributed by atoms with Gasteiger partial charge < -0.3 is 15.4 Å². The van der Waals surface area contributed by atoms with Gasteiger partial charge in [0.25, 0.3) is 5.91 Å². The first-order valence-corrected chi connectivity index (χ1v) is 6.98. The Labute approximate surface area is 139 Å². The second kappa shape index (κ2) is 8.02. The number of allylic oxidation sites excluding steroid dienone is 1. The number of amides is 1. The average Bonchev–Trinajstić information content (AvgIpc) is 2.63. The van der Waals surface area contributed by atoms with Gasteiger partial charge in [-0.3, -0.25) is 4.79 Å². The summed E-state index contributed by atoms with van der Waals surface area (Å²) in [6.45, 7) is 0. The van der Waals surface area contributed by atoms with E-state index in [9.17, 15) is 4.79 Å². The summed E-state index contributed by atoms with van der Waals surface area (Å²) in [6, 6.07) is 17.3. The van der Waals surface area contributed by atoms with Crippen LogP contribution in [0.15, 0.2) is 60.3 Å². The van der Waals surface area contributed by atoms with Crippen LogP contribution in [0.25, 0.3) is 0 Å². The van der Waals surface area contributed by atoms with E-state index in [4.69, 9.17) is 15.3 Å². The first-order valence-electron chi connectivity index (χ1n) is 6.98. The lowest BCUT2D eigenvalue weighted by molar-refractivity contribution is 0.102.